The molecule has 0 aromatic heterocycles. The summed E-state index contributed by atoms with van der Waals surface area (Å²) in [5.41, 5.74) is 0.704. The van der Waals surface area contributed by atoms with Gasteiger partial charge >= 0.3 is 11.9 Å². The standard InChI is InChI=1S/C21H18N2O6/c1-27-16-9-7-14(8-10-16)11-15(12-22)20(25)29-13-19(24)23-18-6-4-3-5-17(18)21(26)28-2/h3-11H,13H2,1-2H3,(H,23,24)/b15-11+. The number of carbonyl (C=O) groups is 3. The van der Waals surface area contributed by atoms with E-state index in [-0.39, 0.29) is 16.8 Å². The summed E-state index contributed by atoms with van der Waals surface area (Å²) >= 11 is 0. The van der Waals surface area contributed by atoms with Crippen LogP contribution < -0.4 is 10.1 Å². The molecule has 0 unspecified atom stereocenters. The third-order valence-corrected chi connectivity index (χ3v) is 3.71. The molecule has 1 N–H and O–H groups in total. The van der Waals surface area contributed by atoms with Crippen molar-refractivity contribution >= 4 is 29.6 Å². The van der Waals surface area contributed by atoms with Crippen molar-refractivity contribution in [3.63, 3.8) is 0 Å². The maximum Gasteiger partial charge on any atom is 0.349 e. The van der Waals surface area contributed by atoms with E-state index in [4.69, 9.17) is 9.47 Å². The Morgan fingerprint density at radius 3 is 2.38 bits per heavy atom. The summed E-state index contributed by atoms with van der Waals surface area (Å²) < 4.78 is 14.6. The Labute approximate surface area is 167 Å². The number of carbonyl (C=O) groups excluding carboxylic acids is 3. The van der Waals surface area contributed by atoms with Gasteiger partial charge in [-0.05, 0) is 35.9 Å². The fourth-order valence-electron chi connectivity index (χ4n) is 2.28. The summed E-state index contributed by atoms with van der Waals surface area (Å²) in [5.74, 6) is -1.60. The second kappa shape index (κ2) is 10.3. The number of ether oxygens (including phenoxy) is 3. The van der Waals surface area contributed by atoms with E-state index < -0.39 is 24.5 Å². The molecule has 0 atom stereocenters. The second-order valence-corrected chi connectivity index (χ2v) is 5.60. The van der Waals surface area contributed by atoms with Crippen LogP contribution in [0.3, 0.4) is 0 Å². The SMILES string of the molecule is COC(=O)c1ccccc1NC(=O)COC(=O)/C(C#N)=C/c1ccc(OC)cc1. The molecule has 8 heteroatoms. The van der Waals surface area contributed by atoms with E-state index >= 15 is 0 Å². The van der Waals surface area contributed by atoms with Crippen LogP contribution >= 0.6 is 0 Å². The Bertz CT molecular complexity index is 973. The Balaban J connectivity index is 2.00. The number of hydrogen-bond acceptors (Lipinski definition) is 7. The molecule has 8 nitrogen and oxygen atoms in total. The third-order valence-electron chi connectivity index (χ3n) is 3.71. The van der Waals surface area contributed by atoms with Crippen LogP contribution in [0, 0.1) is 11.3 Å². The summed E-state index contributed by atoms with van der Waals surface area (Å²) in [6, 6.07) is 14.7. The van der Waals surface area contributed by atoms with Gasteiger partial charge in [0.15, 0.2) is 6.61 Å². The minimum Gasteiger partial charge on any atom is -0.497 e. The fourth-order valence-corrected chi connectivity index (χ4v) is 2.28. The first-order valence-corrected chi connectivity index (χ1v) is 8.38. The highest BCUT2D eigenvalue weighted by molar-refractivity contribution is 6.03. The first-order valence-electron chi connectivity index (χ1n) is 8.38. The van der Waals surface area contributed by atoms with Gasteiger partial charge in [-0.15, -0.1) is 0 Å². The molecule has 0 bridgehead atoms. The van der Waals surface area contributed by atoms with Gasteiger partial charge in [0, 0.05) is 0 Å². The van der Waals surface area contributed by atoms with Gasteiger partial charge in [-0.1, -0.05) is 24.3 Å². The lowest BCUT2D eigenvalue weighted by Crippen LogP contribution is -2.22. The number of nitriles is 1. The van der Waals surface area contributed by atoms with Gasteiger partial charge in [0.25, 0.3) is 5.91 Å². The smallest absolute Gasteiger partial charge is 0.349 e. The number of benzene rings is 2. The lowest BCUT2D eigenvalue weighted by Gasteiger charge is -2.09. The third kappa shape index (κ3) is 5.94. The van der Waals surface area contributed by atoms with Crippen LogP contribution in [0.2, 0.25) is 0 Å². The van der Waals surface area contributed by atoms with Gasteiger partial charge in [0.2, 0.25) is 0 Å². The molecule has 29 heavy (non-hydrogen) atoms. The van der Waals surface area contributed by atoms with E-state index in [0.29, 0.717) is 11.3 Å². The number of anilines is 1. The van der Waals surface area contributed by atoms with Crippen molar-refractivity contribution in [1.29, 1.82) is 5.26 Å². The van der Waals surface area contributed by atoms with Gasteiger partial charge in [-0.3, -0.25) is 4.79 Å². The zero-order valence-electron chi connectivity index (χ0n) is 15.8. The number of rotatable bonds is 7. The maximum atomic E-state index is 12.1. The second-order valence-electron chi connectivity index (χ2n) is 5.60. The van der Waals surface area contributed by atoms with Crippen molar-refractivity contribution in [3.05, 3.63) is 65.2 Å². The topological polar surface area (TPSA) is 115 Å². The highest BCUT2D eigenvalue weighted by Crippen LogP contribution is 2.16. The van der Waals surface area contributed by atoms with Crippen LogP contribution in [-0.4, -0.2) is 38.7 Å². The van der Waals surface area contributed by atoms with E-state index in [1.807, 2.05) is 0 Å². The molecule has 1 amide bonds. The fraction of sp³-hybridized carbons (Fsp3) is 0.143. The van der Waals surface area contributed by atoms with Crippen molar-refractivity contribution in [2.45, 2.75) is 0 Å². The average Bonchev–Trinajstić information content (AvgIpc) is 2.76. The lowest BCUT2D eigenvalue weighted by atomic mass is 10.1. The zero-order valence-corrected chi connectivity index (χ0v) is 15.8. The predicted molar refractivity (Wildman–Crippen MR) is 104 cm³/mol. The highest BCUT2D eigenvalue weighted by atomic mass is 16.5. The number of methoxy groups -OCH3 is 2. The number of nitrogens with zero attached hydrogens (tertiary/aromatic N) is 1. The molecule has 148 valence electrons. The molecule has 0 aliphatic rings. The molecule has 0 spiro atoms. The van der Waals surface area contributed by atoms with Crippen molar-refractivity contribution in [2.75, 3.05) is 26.1 Å². The largest absolute Gasteiger partial charge is 0.497 e. The van der Waals surface area contributed by atoms with Crippen LogP contribution in [-0.2, 0) is 19.1 Å². The number of para-hydroxylation sites is 1. The predicted octanol–water partition coefficient (Wildman–Crippen LogP) is 2.57. The maximum absolute atomic E-state index is 12.1. The monoisotopic (exact) mass is 394 g/mol. The molecule has 0 saturated carbocycles. The minimum atomic E-state index is -0.945. The van der Waals surface area contributed by atoms with Crippen LogP contribution in [0.5, 0.6) is 5.75 Å². The number of nitrogens with one attached hydrogen (secondary N) is 1. The molecule has 2 aromatic carbocycles. The molecule has 2 aromatic rings. The molecule has 0 aliphatic heterocycles. The Morgan fingerprint density at radius 2 is 1.76 bits per heavy atom. The normalized spacial score (nSPS) is 10.4. The minimum absolute atomic E-state index is 0.159. The van der Waals surface area contributed by atoms with Crippen molar-refractivity contribution in [1.82, 2.24) is 0 Å². The summed E-state index contributed by atoms with van der Waals surface area (Å²) in [6.45, 7) is -0.629. The van der Waals surface area contributed by atoms with Crippen LogP contribution in [0.25, 0.3) is 6.08 Å². The molecular formula is C21H18N2O6. The van der Waals surface area contributed by atoms with Crippen molar-refractivity contribution < 1.29 is 28.6 Å². The quantitative estimate of drug-likeness (QED) is 0.436. The molecule has 0 saturated heterocycles. The molecular weight excluding hydrogens is 376 g/mol. The lowest BCUT2D eigenvalue weighted by molar-refractivity contribution is -0.142. The van der Waals surface area contributed by atoms with Gasteiger partial charge in [-0.25, -0.2) is 9.59 Å². The first kappa shape index (κ1) is 21.2. The molecule has 0 fully saturated rings. The zero-order chi connectivity index (χ0) is 21.2. The average molecular weight is 394 g/mol. The number of amides is 1. The Kier molecular flexibility index (Phi) is 7.51. The number of hydrogen-bond donors (Lipinski definition) is 1. The van der Waals surface area contributed by atoms with Crippen LogP contribution in [0.1, 0.15) is 15.9 Å². The van der Waals surface area contributed by atoms with E-state index in [9.17, 15) is 19.6 Å². The van der Waals surface area contributed by atoms with Crippen LogP contribution in [0.4, 0.5) is 5.69 Å². The van der Waals surface area contributed by atoms with Crippen molar-refractivity contribution in [2.24, 2.45) is 0 Å². The first-order chi connectivity index (χ1) is 14.0. The summed E-state index contributed by atoms with van der Waals surface area (Å²) in [7, 11) is 2.75. The van der Waals surface area contributed by atoms with Crippen LogP contribution in [0.15, 0.2) is 54.1 Å². The molecule has 2 rings (SSSR count). The van der Waals surface area contributed by atoms with E-state index in [2.05, 4.69) is 10.1 Å². The van der Waals surface area contributed by atoms with Gasteiger partial charge in [0.1, 0.15) is 17.4 Å². The summed E-state index contributed by atoms with van der Waals surface area (Å²) in [5, 5.41) is 11.7. The molecule has 0 radical (unpaired) electrons. The van der Waals surface area contributed by atoms with Gasteiger partial charge in [-0.2, -0.15) is 5.26 Å². The molecule has 0 aliphatic carbocycles. The summed E-state index contributed by atoms with van der Waals surface area (Å²) in [6.07, 6.45) is 1.34. The Hall–Kier alpha value is -4.12. The number of esters is 2. The summed E-state index contributed by atoms with van der Waals surface area (Å²) in [4.78, 5) is 35.9. The Morgan fingerprint density at radius 1 is 1.07 bits per heavy atom. The van der Waals surface area contributed by atoms with E-state index in [1.54, 1.807) is 42.5 Å². The molecule has 0 heterocycles. The van der Waals surface area contributed by atoms with Gasteiger partial charge < -0.3 is 19.5 Å². The van der Waals surface area contributed by atoms with E-state index in [0.717, 1.165) is 0 Å². The van der Waals surface area contributed by atoms with Crippen molar-refractivity contribution in [3.8, 4) is 11.8 Å². The van der Waals surface area contributed by atoms with E-state index in [1.165, 1.54) is 32.4 Å². The highest BCUT2D eigenvalue weighted by Gasteiger charge is 2.16. The van der Waals surface area contributed by atoms with Gasteiger partial charge in [0.05, 0.1) is 25.5 Å².